The van der Waals surface area contributed by atoms with E-state index in [1.54, 1.807) is 4.90 Å². The molecule has 0 atom stereocenters. The molecule has 0 bridgehead atoms. The number of benzene rings is 1. The van der Waals surface area contributed by atoms with Crippen molar-refractivity contribution in [3.63, 3.8) is 0 Å². The molecule has 2 rings (SSSR count). The van der Waals surface area contributed by atoms with E-state index in [9.17, 15) is 17.6 Å². The van der Waals surface area contributed by atoms with Crippen LogP contribution in [0.2, 0.25) is 0 Å². The maximum atomic E-state index is 12.4. The average Bonchev–Trinajstić information content (AvgIpc) is 2.62. The van der Waals surface area contributed by atoms with Crippen LogP contribution in [-0.2, 0) is 14.6 Å². The van der Waals surface area contributed by atoms with Crippen LogP contribution in [0.4, 0.5) is 4.39 Å². The van der Waals surface area contributed by atoms with Crippen LogP contribution in [0.1, 0.15) is 19.3 Å². The molecule has 0 aromatic heterocycles. The number of likely N-dealkylation sites (tertiary alicyclic amines) is 1. The molecular formula is C17H23FN2O4S. The second kappa shape index (κ2) is 8.96. The standard InChI is InChI=1S/C17H23FN2O4S/c18-11-14(12-19)13-24-15-4-6-16(7-5-15)25(22,23)10-9-20-8-2-1-3-17(20)21/h4-7,11H,1-3,8-10,12-13,19H2/b14-11+. The van der Waals surface area contributed by atoms with E-state index in [0.29, 0.717) is 30.6 Å². The Morgan fingerprint density at radius 3 is 2.60 bits per heavy atom. The zero-order valence-corrected chi connectivity index (χ0v) is 14.8. The number of halogens is 1. The van der Waals surface area contributed by atoms with Crippen LogP contribution < -0.4 is 10.5 Å². The molecule has 0 aliphatic carbocycles. The highest BCUT2D eigenvalue weighted by Crippen LogP contribution is 2.18. The molecule has 8 heteroatoms. The fourth-order valence-corrected chi connectivity index (χ4v) is 3.75. The highest BCUT2D eigenvalue weighted by molar-refractivity contribution is 7.91. The van der Waals surface area contributed by atoms with Crippen molar-refractivity contribution in [1.82, 2.24) is 4.90 Å². The Morgan fingerprint density at radius 1 is 1.28 bits per heavy atom. The fourth-order valence-electron chi connectivity index (χ4n) is 2.50. The molecule has 1 fully saturated rings. The van der Waals surface area contributed by atoms with Crippen LogP contribution in [0.25, 0.3) is 0 Å². The Balaban J connectivity index is 1.94. The van der Waals surface area contributed by atoms with Gasteiger partial charge in [-0.25, -0.2) is 12.8 Å². The predicted octanol–water partition coefficient (Wildman–Crippen LogP) is 1.66. The number of nitrogens with zero attached hydrogens (tertiary/aromatic N) is 1. The van der Waals surface area contributed by atoms with Gasteiger partial charge in [-0.15, -0.1) is 0 Å². The normalized spacial score (nSPS) is 16.2. The largest absolute Gasteiger partial charge is 0.489 e. The first-order chi connectivity index (χ1) is 12.0. The number of sulfone groups is 1. The zero-order chi connectivity index (χ0) is 18.3. The van der Waals surface area contributed by atoms with Gasteiger partial charge in [-0.2, -0.15) is 0 Å². The molecule has 2 N–H and O–H groups in total. The molecule has 6 nitrogen and oxygen atoms in total. The van der Waals surface area contributed by atoms with E-state index in [1.807, 2.05) is 0 Å². The van der Waals surface area contributed by atoms with Gasteiger partial charge in [0, 0.05) is 31.6 Å². The van der Waals surface area contributed by atoms with Gasteiger partial charge in [-0.05, 0) is 37.1 Å². The average molecular weight is 370 g/mol. The van der Waals surface area contributed by atoms with E-state index in [1.165, 1.54) is 24.3 Å². The summed E-state index contributed by atoms with van der Waals surface area (Å²) in [6, 6.07) is 5.94. The molecule has 1 saturated heterocycles. The minimum Gasteiger partial charge on any atom is -0.489 e. The fraction of sp³-hybridized carbons (Fsp3) is 0.471. The van der Waals surface area contributed by atoms with Gasteiger partial charge in [-0.3, -0.25) is 4.79 Å². The molecule has 1 amide bonds. The maximum Gasteiger partial charge on any atom is 0.222 e. The van der Waals surface area contributed by atoms with E-state index in [-0.39, 0.29) is 36.3 Å². The third-order valence-corrected chi connectivity index (χ3v) is 5.79. The second-order valence-corrected chi connectivity index (χ2v) is 8.00. The Hall–Kier alpha value is -1.93. The number of carbonyl (C=O) groups excluding carboxylic acids is 1. The topological polar surface area (TPSA) is 89.7 Å². The SMILES string of the molecule is NC/C(=C\F)COc1ccc(S(=O)(=O)CCN2CCCCC2=O)cc1. The summed E-state index contributed by atoms with van der Waals surface area (Å²) in [6.45, 7) is 0.890. The molecule has 138 valence electrons. The second-order valence-electron chi connectivity index (χ2n) is 5.89. The van der Waals surface area contributed by atoms with E-state index < -0.39 is 9.84 Å². The molecule has 1 heterocycles. The smallest absolute Gasteiger partial charge is 0.222 e. The quantitative estimate of drug-likeness (QED) is 0.752. The minimum atomic E-state index is -3.48. The number of hydrogen-bond donors (Lipinski definition) is 1. The molecule has 0 spiro atoms. The molecule has 1 aliphatic heterocycles. The lowest BCUT2D eigenvalue weighted by molar-refractivity contribution is -0.132. The first kappa shape index (κ1) is 19.4. The van der Waals surface area contributed by atoms with E-state index in [0.717, 1.165) is 12.8 Å². The van der Waals surface area contributed by atoms with Crippen LogP contribution in [0.5, 0.6) is 5.75 Å². The number of amides is 1. The third-order valence-electron chi connectivity index (χ3n) is 4.07. The summed E-state index contributed by atoms with van der Waals surface area (Å²) in [7, 11) is -3.48. The Kier molecular flexibility index (Phi) is 6.95. The summed E-state index contributed by atoms with van der Waals surface area (Å²) in [5.74, 6) is 0.334. The highest BCUT2D eigenvalue weighted by Gasteiger charge is 2.21. The van der Waals surface area contributed by atoms with Crippen molar-refractivity contribution in [3.05, 3.63) is 36.2 Å². The number of piperidine rings is 1. The van der Waals surface area contributed by atoms with Crippen molar-refractivity contribution in [1.29, 1.82) is 0 Å². The van der Waals surface area contributed by atoms with Gasteiger partial charge in [0.05, 0.1) is 17.0 Å². The first-order valence-electron chi connectivity index (χ1n) is 8.18. The van der Waals surface area contributed by atoms with Crippen molar-refractivity contribution < 1.29 is 22.3 Å². The number of ether oxygens (including phenoxy) is 1. The molecule has 0 radical (unpaired) electrons. The van der Waals surface area contributed by atoms with Gasteiger partial charge >= 0.3 is 0 Å². The van der Waals surface area contributed by atoms with Gasteiger partial charge in [0.25, 0.3) is 0 Å². The Labute approximate surface area is 147 Å². The van der Waals surface area contributed by atoms with Crippen molar-refractivity contribution in [2.24, 2.45) is 5.73 Å². The monoisotopic (exact) mass is 370 g/mol. The van der Waals surface area contributed by atoms with Gasteiger partial charge in [0.1, 0.15) is 12.4 Å². The predicted molar refractivity (Wildman–Crippen MR) is 92.7 cm³/mol. The molecule has 1 aromatic carbocycles. The van der Waals surface area contributed by atoms with E-state index >= 15 is 0 Å². The number of carbonyl (C=O) groups is 1. The van der Waals surface area contributed by atoms with Crippen molar-refractivity contribution in [2.45, 2.75) is 24.2 Å². The molecule has 1 aliphatic rings. The Morgan fingerprint density at radius 2 is 2.00 bits per heavy atom. The van der Waals surface area contributed by atoms with Crippen LogP contribution in [-0.4, -0.2) is 51.2 Å². The Bertz CT molecular complexity index is 717. The zero-order valence-electron chi connectivity index (χ0n) is 14.0. The van der Waals surface area contributed by atoms with Crippen molar-refractivity contribution >= 4 is 15.7 Å². The lowest BCUT2D eigenvalue weighted by Crippen LogP contribution is -2.38. The van der Waals surface area contributed by atoms with Crippen LogP contribution in [0, 0.1) is 0 Å². The van der Waals surface area contributed by atoms with Crippen LogP contribution in [0.15, 0.2) is 41.1 Å². The summed E-state index contributed by atoms with van der Waals surface area (Å²) in [6.07, 6.45) is 2.67. The summed E-state index contributed by atoms with van der Waals surface area (Å²) in [5.41, 5.74) is 5.65. The summed E-state index contributed by atoms with van der Waals surface area (Å²) in [4.78, 5) is 13.5. The molecule has 0 unspecified atom stereocenters. The highest BCUT2D eigenvalue weighted by atomic mass is 32.2. The number of hydrogen-bond acceptors (Lipinski definition) is 5. The van der Waals surface area contributed by atoms with Crippen molar-refractivity contribution in [3.8, 4) is 5.75 Å². The van der Waals surface area contributed by atoms with E-state index in [2.05, 4.69) is 0 Å². The van der Waals surface area contributed by atoms with Gasteiger partial charge in [0.2, 0.25) is 5.91 Å². The van der Waals surface area contributed by atoms with Gasteiger partial charge < -0.3 is 15.4 Å². The summed E-state index contributed by atoms with van der Waals surface area (Å²) in [5, 5.41) is 0. The van der Waals surface area contributed by atoms with Crippen LogP contribution in [0.3, 0.4) is 0 Å². The molecule has 1 aromatic rings. The third kappa shape index (κ3) is 5.54. The summed E-state index contributed by atoms with van der Waals surface area (Å²) >= 11 is 0. The summed E-state index contributed by atoms with van der Waals surface area (Å²) < 4.78 is 42.6. The molecule has 25 heavy (non-hydrogen) atoms. The first-order valence-corrected chi connectivity index (χ1v) is 9.83. The minimum absolute atomic E-state index is 0.0101. The molecule has 0 saturated carbocycles. The number of nitrogens with two attached hydrogens (primary N) is 1. The lowest BCUT2D eigenvalue weighted by Gasteiger charge is -2.26. The number of rotatable bonds is 8. The van der Waals surface area contributed by atoms with Gasteiger partial charge in [-0.1, -0.05) is 0 Å². The lowest BCUT2D eigenvalue weighted by atomic mass is 10.1. The molecular weight excluding hydrogens is 347 g/mol. The van der Waals surface area contributed by atoms with Gasteiger partial charge in [0.15, 0.2) is 9.84 Å². The van der Waals surface area contributed by atoms with E-state index in [4.69, 9.17) is 10.5 Å². The van der Waals surface area contributed by atoms with Crippen LogP contribution >= 0.6 is 0 Å². The van der Waals surface area contributed by atoms with Crippen molar-refractivity contribution in [2.75, 3.05) is 32.0 Å². The maximum absolute atomic E-state index is 12.4.